The van der Waals surface area contributed by atoms with Crippen molar-refractivity contribution in [3.05, 3.63) is 0 Å². The molecule has 96 valence electrons. The van der Waals surface area contributed by atoms with E-state index in [0.717, 1.165) is 13.0 Å². The Bertz CT molecular complexity index is 333. The van der Waals surface area contributed by atoms with Crippen molar-refractivity contribution in [2.45, 2.75) is 18.5 Å². The van der Waals surface area contributed by atoms with E-state index in [-0.39, 0.29) is 24.6 Å². The third-order valence-electron chi connectivity index (χ3n) is 3.78. The maximum Gasteiger partial charge on any atom is 0.310 e. The molecule has 0 saturated carbocycles. The van der Waals surface area contributed by atoms with Gasteiger partial charge in [0.25, 0.3) is 0 Å². The number of carbonyl (C=O) groups excluding carboxylic acids is 1. The second-order valence-corrected chi connectivity index (χ2v) is 4.78. The second kappa shape index (κ2) is 4.62. The minimum atomic E-state index is -0.849. The molecule has 0 aromatic carbocycles. The molecule has 0 aromatic rings. The van der Waals surface area contributed by atoms with E-state index in [4.69, 9.17) is 9.84 Å². The van der Waals surface area contributed by atoms with E-state index in [0.29, 0.717) is 6.61 Å². The van der Waals surface area contributed by atoms with Crippen LogP contribution in [0.15, 0.2) is 0 Å². The Kier molecular flexibility index (Phi) is 3.35. The molecule has 6 nitrogen and oxygen atoms in total. The Morgan fingerprint density at radius 2 is 2.24 bits per heavy atom. The highest BCUT2D eigenvalue weighted by Gasteiger charge is 2.42. The number of likely N-dealkylation sites (tertiary alicyclic amines) is 1. The van der Waals surface area contributed by atoms with Crippen LogP contribution in [0.2, 0.25) is 0 Å². The standard InChI is InChI=1S/C11H18N2O4/c1-12-4-3-8(10(12)14)13(2)9-6-17-5-7(9)11(15)16/h7-9H,3-6H2,1-2H3,(H,15,16). The van der Waals surface area contributed by atoms with Crippen molar-refractivity contribution < 1.29 is 19.4 Å². The molecule has 0 aromatic heterocycles. The second-order valence-electron chi connectivity index (χ2n) is 4.78. The molecule has 0 radical (unpaired) electrons. The zero-order chi connectivity index (χ0) is 12.6. The normalized spacial score (nSPS) is 33.7. The van der Waals surface area contributed by atoms with Crippen molar-refractivity contribution in [2.75, 3.05) is 33.9 Å². The fourth-order valence-electron chi connectivity index (χ4n) is 2.59. The fraction of sp³-hybridized carbons (Fsp3) is 0.818. The molecule has 2 aliphatic rings. The first-order valence-corrected chi connectivity index (χ1v) is 5.80. The molecule has 2 aliphatic heterocycles. The monoisotopic (exact) mass is 242 g/mol. The third-order valence-corrected chi connectivity index (χ3v) is 3.78. The third kappa shape index (κ3) is 2.14. The fourth-order valence-corrected chi connectivity index (χ4v) is 2.59. The summed E-state index contributed by atoms with van der Waals surface area (Å²) in [6, 6.07) is -0.401. The topological polar surface area (TPSA) is 70.1 Å². The molecule has 2 saturated heterocycles. The Morgan fingerprint density at radius 1 is 1.53 bits per heavy atom. The van der Waals surface area contributed by atoms with Crippen molar-refractivity contribution in [2.24, 2.45) is 5.92 Å². The quantitative estimate of drug-likeness (QED) is 0.705. The first-order valence-electron chi connectivity index (χ1n) is 5.80. The number of carboxylic acid groups (broad SMARTS) is 1. The summed E-state index contributed by atoms with van der Waals surface area (Å²) in [6.07, 6.45) is 0.759. The summed E-state index contributed by atoms with van der Waals surface area (Å²) in [4.78, 5) is 26.5. The highest BCUT2D eigenvalue weighted by atomic mass is 16.5. The number of carbonyl (C=O) groups is 2. The smallest absolute Gasteiger partial charge is 0.310 e. The van der Waals surface area contributed by atoms with E-state index >= 15 is 0 Å². The van der Waals surface area contributed by atoms with Crippen LogP contribution in [0.25, 0.3) is 0 Å². The van der Waals surface area contributed by atoms with Crippen LogP contribution in [-0.4, -0.2) is 72.7 Å². The van der Waals surface area contributed by atoms with Gasteiger partial charge in [-0.2, -0.15) is 0 Å². The van der Waals surface area contributed by atoms with E-state index in [1.165, 1.54) is 0 Å². The lowest BCUT2D eigenvalue weighted by Gasteiger charge is -2.30. The van der Waals surface area contributed by atoms with Gasteiger partial charge in [-0.15, -0.1) is 0 Å². The lowest BCUT2D eigenvalue weighted by molar-refractivity contribution is -0.144. The minimum absolute atomic E-state index is 0.0727. The molecule has 0 spiro atoms. The Hall–Kier alpha value is -1.14. The summed E-state index contributed by atoms with van der Waals surface area (Å²) in [5.41, 5.74) is 0. The van der Waals surface area contributed by atoms with Gasteiger partial charge < -0.3 is 14.7 Å². The van der Waals surface area contributed by atoms with Gasteiger partial charge in [-0.05, 0) is 13.5 Å². The molecular weight excluding hydrogens is 224 g/mol. The first-order chi connectivity index (χ1) is 8.02. The number of rotatable bonds is 3. The molecule has 2 fully saturated rings. The van der Waals surface area contributed by atoms with Crippen molar-refractivity contribution >= 4 is 11.9 Å². The van der Waals surface area contributed by atoms with Crippen LogP contribution in [0.5, 0.6) is 0 Å². The van der Waals surface area contributed by atoms with Crippen LogP contribution in [0.3, 0.4) is 0 Å². The number of hydrogen-bond acceptors (Lipinski definition) is 4. The molecular formula is C11H18N2O4. The van der Waals surface area contributed by atoms with Gasteiger partial charge >= 0.3 is 5.97 Å². The van der Waals surface area contributed by atoms with Gasteiger partial charge in [0.1, 0.15) is 0 Å². The van der Waals surface area contributed by atoms with Crippen LogP contribution in [0, 0.1) is 5.92 Å². The molecule has 3 atom stereocenters. The molecule has 1 amide bonds. The van der Waals surface area contributed by atoms with Gasteiger partial charge in [-0.3, -0.25) is 14.5 Å². The maximum atomic E-state index is 11.9. The molecule has 3 unspecified atom stereocenters. The van der Waals surface area contributed by atoms with Gasteiger partial charge in [0.15, 0.2) is 0 Å². The number of aliphatic carboxylic acids is 1. The van der Waals surface area contributed by atoms with Crippen LogP contribution < -0.4 is 0 Å². The van der Waals surface area contributed by atoms with Gasteiger partial charge in [-0.1, -0.05) is 0 Å². The van der Waals surface area contributed by atoms with E-state index in [2.05, 4.69) is 0 Å². The van der Waals surface area contributed by atoms with E-state index in [1.54, 1.807) is 11.9 Å². The predicted molar refractivity (Wildman–Crippen MR) is 59.5 cm³/mol. The summed E-state index contributed by atoms with van der Waals surface area (Å²) >= 11 is 0. The van der Waals surface area contributed by atoms with Crippen molar-refractivity contribution in [3.63, 3.8) is 0 Å². The molecule has 6 heteroatoms. The summed E-state index contributed by atoms with van der Waals surface area (Å²) in [5, 5.41) is 9.09. The van der Waals surface area contributed by atoms with E-state index < -0.39 is 11.9 Å². The first kappa shape index (κ1) is 12.3. The van der Waals surface area contributed by atoms with Gasteiger partial charge in [0.2, 0.25) is 5.91 Å². The Balaban J connectivity index is 2.07. The van der Waals surface area contributed by atoms with Crippen molar-refractivity contribution in [3.8, 4) is 0 Å². The summed E-state index contributed by atoms with van der Waals surface area (Å²) in [7, 11) is 3.59. The SMILES string of the molecule is CN1CCC(N(C)C2COCC2C(=O)O)C1=O. The number of nitrogens with zero attached hydrogens (tertiary/aromatic N) is 2. The van der Waals surface area contributed by atoms with Crippen LogP contribution in [0.1, 0.15) is 6.42 Å². The molecule has 17 heavy (non-hydrogen) atoms. The van der Waals surface area contributed by atoms with Crippen molar-refractivity contribution in [1.82, 2.24) is 9.80 Å². The zero-order valence-electron chi connectivity index (χ0n) is 10.1. The summed E-state index contributed by atoms with van der Waals surface area (Å²) in [5.74, 6) is -1.31. The highest BCUT2D eigenvalue weighted by Crippen LogP contribution is 2.24. The number of carboxylic acids is 1. The summed E-state index contributed by atoms with van der Waals surface area (Å²) in [6.45, 7) is 1.36. The van der Waals surface area contributed by atoms with Crippen LogP contribution >= 0.6 is 0 Å². The number of amides is 1. The molecule has 1 N–H and O–H groups in total. The Labute approximate surface area is 100 Å². The largest absolute Gasteiger partial charge is 0.481 e. The predicted octanol–water partition coefficient (Wildman–Crippen LogP) is -0.751. The highest BCUT2D eigenvalue weighted by molar-refractivity contribution is 5.83. The minimum Gasteiger partial charge on any atom is -0.481 e. The molecule has 0 aliphatic carbocycles. The van der Waals surface area contributed by atoms with Gasteiger partial charge in [0, 0.05) is 19.6 Å². The average Bonchev–Trinajstić information content (AvgIpc) is 2.87. The molecule has 2 heterocycles. The van der Waals surface area contributed by atoms with E-state index in [1.807, 2.05) is 11.9 Å². The van der Waals surface area contributed by atoms with Gasteiger partial charge in [0.05, 0.1) is 25.2 Å². The zero-order valence-corrected chi connectivity index (χ0v) is 10.1. The maximum absolute atomic E-state index is 11.9. The Morgan fingerprint density at radius 3 is 2.76 bits per heavy atom. The van der Waals surface area contributed by atoms with Crippen LogP contribution in [-0.2, 0) is 14.3 Å². The molecule has 0 bridgehead atoms. The van der Waals surface area contributed by atoms with Gasteiger partial charge in [-0.25, -0.2) is 0 Å². The molecule has 2 rings (SSSR count). The number of hydrogen-bond donors (Lipinski definition) is 1. The summed E-state index contributed by atoms with van der Waals surface area (Å²) < 4.78 is 5.23. The lowest BCUT2D eigenvalue weighted by atomic mass is 10.0. The lowest BCUT2D eigenvalue weighted by Crippen LogP contribution is -2.49. The number of ether oxygens (including phenoxy) is 1. The van der Waals surface area contributed by atoms with Crippen molar-refractivity contribution in [1.29, 1.82) is 0 Å². The van der Waals surface area contributed by atoms with E-state index in [9.17, 15) is 9.59 Å². The van der Waals surface area contributed by atoms with Crippen LogP contribution in [0.4, 0.5) is 0 Å². The average molecular weight is 242 g/mol. The number of likely N-dealkylation sites (N-methyl/N-ethyl adjacent to an activating group) is 2.